The first kappa shape index (κ1) is 19.1. The lowest BCUT2D eigenvalue weighted by Crippen LogP contribution is -2.41. The van der Waals surface area contributed by atoms with Crippen LogP contribution >= 0.6 is 0 Å². The number of carbonyl (C=O) groups is 3. The van der Waals surface area contributed by atoms with Crippen molar-refractivity contribution in [3.63, 3.8) is 0 Å². The maximum atomic E-state index is 12.3. The van der Waals surface area contributed by atoms with Crippen LogP contribution < -0.4 is 15.6 Å². The molecule has 0 saturated carbocycles. The minimum atomic E-state index is -0.447. The molecule has 3 aromatic rings. The third-order valence-corrected chi connectivity index (χ3v) is 4.32. The lowest BCUT2D eigenvalue weighted by Gasteiger charge is -2.08. The lowest BCUT2D eigenvalue weighted by molar-refractivity contribution is -0.121. The average molecular weight is 376 g/mol. The fraction of sp³-hybridized carbons (Fsp3) is 0.136. The summed E-state index contributed by atoms with van der Waals surface area (Å²) < 4.78 is 5.03. The van der Waals surface area contributed by atoms with Crippen molar-refractivity contribution in [3.8, 4) is 5.75 Å². The van der Waals surface area contributed by atoms with Gasteiger partial charge in [-0.3, -0.25) is 25.2 Å². The molecule has 0 fully saturated rings. The van der Waals surface area contributed by atoms with Crippen LogP contribution in [0.1, 0.15) is 33.6 Å². The first-order valence-electron chi connectivity index (χ1n) is 8.82. The summed E-state index contributed by atoms with van der Waals surface area (Å²) in [6, 6.07) is 19.7. The molecule has 0 aromatic heterocycles. The van der Waals surface area contributed by atoms with Crippen LogP contribution in [0.2, 0.25) is 0 Å². The van der Waals surface area contributed by atoms with E-state index in [9.17, 15) is 14.4 Å². The van der Waals surface area contributed by atoms with Crippen molar-refractivity contribution >= 4 is 28.4 Å². The summed E-state index contributed by atoms with van der Waals surface area (Å²) in [5, 5.41) is 2.03. The summed E-state index contributed by atoms with van der Waals surface area (Å²) in [7, 11) is 1.54. The standard InChI is InChI=1S/C22H20N2O4/c1-28-19-10-8-16(9-11-19)22(27)24-23-21(26)13-12-20(25)18-7-6-15-4-2-3-5-17(15)14-18/h2-11,14H,12-13H2,1H3,(H,23,26)(H,24,27). The van der Waals surface area contributed by atoms with E-state index in [1.807, 2.05) is 36.4 Å². The second kappa shape index (κ2) is 8.81. The number of hydrazine groups is 1. The van der Waals surface area contributed by atoms with Gasteiger partial charge in [-0.1, -0.05) is 36.4 Å². The van der Waals surface area contributed by atoms with Gasteiger partial charge in [-0.25, -0.2) is 0 Å². The highest BCUT2D eigenvalue weighted by Gasteiger charge is 2.11. The number of rotatable bonds is 6. The van der Waals surface area contributed by atoms with E-state index in [1.165, 1.54) is 7.11 Å². The predicted molar refractivity (Wildman–Crippen MR) is 106 cm³/mol. The quantitative estimate of drug-likeness (QED) is 0.511. The maximum absolute atomic E-state index is 12.3. The Balaban J connectivity index is 1.48. The molecule has 2 amide bonds. The van der Waals surface area contributed by atoms with Crippen molar-refractivity contribution in [2.45, 2.75) is 12.8 Å². The van der Waals surface area contributed by atoms with Gasteiger partial charge in [-0.2, -0.15) is 0 Å². The Hall–Kier alpha value is -3.67. The summed E-state index contributed by atoms with van der Waals surface area (Å²) >= 11 is 0. The van der Waals surface area contributed by atoms with E-state index in [2.05, 4.69) is 10.9 Å². The second-order valence-corrected chi connectivity index (χ2v) is 6.22. The normalized spacial score (nSPS) is 10.3. The van der Waals surface area contributed by atoms with Crippen molar-refractivity contribution in [2.75, 3.05) is 7.11 Å². The monoisotopic (exact) mass is 376 g/mol. The Bertz CT molecular complexity index is 1010. The number of hydrogen-bond donors (Lipinski definition) is 2. The zero-order valence-electron chi connectivity index (χ0n) is 15.4. The number of ketones is 1. The molecule has 3 rings (SSSR count). The van der Waals surface area contributed by atoms with Crippen LogP contribution in [0.4, 0.5) is 0 Å². The minimum absolute atomic E-state index is 0.0193. The molecule has 0 aliphatic carbocycles. The Labute approximate surface area is 162 Å². The van der Waals surface area contributed by atoms with Gasteiger partial charge in [0.25, 0.3) is 5.91 Å². The minimum Gasteiger partial charge on any atom is -0.497 e. The summed E-state index contributed by atoms with van der Waals surface area (Å²) in [6.45, 7) is 0. The van der Waals surface area contributed by atoms with Crippen molar-refractivity contribution in [1.82, 2.24) is 10.9 Å². The predicted octanol–water partition coefficient (Wildman–Crippen LogP) is 3.27. The van der Waals surface area contributed by atoms with Gasteiger partial charge in [-0.05, 0) is 41.1 Å². The molecular weight excluding hydrogens is 356 g/mol. The number of Topliss-reactive ketones (excluding diaryl/α,β-unsaturated/α-hetero) is 1. The average Bonchev–Trinajstić information content (AvgIpc) is 2.75. The van der Waals surface area contributed by atoms with E-state index in [0.29, 0.717) is 16.9 Å². The van der Waals surface area contributed by atoms with Crippen molar-refractivity contribution < 1.29 is 19.1 Å². The van der Waals surface area contributed by atoms with Crippen LogP contribution in [-0.4, -0.2) is 24.7 Å². The molecule has 142 valence electrons. The molecule has 6 heteroatoms. The first-order chi connectivity index (χ1) is 13.6. The van der Waals surface area contributed by atoms with E-state index in [0.717, 1.165) is 10.8 Å². The van der Waals surface area contributed by atoms with Gasteiger partial charge in [0, 0.05) is 24.0 Å². The summed E-state index contributed by atoms with van der Waals surface area (Å²) in [5.41, 5.74) is 5.60. The smallest absolute Gasteiger partial charge is 0.269 e. The van der Waals surface area contributed by atoms with Gasteiger partial charge in [0.1, 0.15) is 5.75 Å². The van der Waals surface area contributed by atoms with E-state index >= 15 is 0 Å². The van der Waals surface area contributed by atoms with Gasteiger partial charge >= 0.3 is 0 Å². The number of hydrogen-bond acceptors (Lipinski definition) is 4. The van der Waals surface area contributed by atoms with Gasteiger partial charge in [-0.15, -0.1) is 0 Å². The molecule has 2 N–H and O–H groups in total. The van der Waals surface area contributed by atoms with E-state index in [4.69, 9.17) is 4.74 Å². The maximum Gasteiger partial charge on any atom is 0.269 e. The summed E-state index contributed by atoms with van der Waals surface area (Å²) in [6.07, 6.45) is 0.0388. The number of carbonyl (C=O) groups excluding carboxylic acids is 3. The fourth-order valence-corrected chi connectivity index (χ4v) is 2.74. The van der Waals surface area contributed by atoms with Crippen LogP contribution in [0.25, 0.3) is 10.8 Å². The van der Waals surface area contributed by atoms with E-state index in [1.54, 1.807) is 30.3 Å². The molecule has 0 spiro atoms. The SMILES string of the molecule is COc1ccc(C(=O)NNC(=O)CCC(=O)c2ccc3ccccc3c2)cc1. The van der Waals surface area contributed by atoms with Crippen molar-refractivity contribution in [3.05, 3.63) is 77.9 Å². The third kappa shape index (κ3) is 4.73. The number of fused-ring (bicyclic) bond motifs is 1. The fourth-order valence-electron chi connectivity index (χ4n) is 2.74. The largest absolute Gasteiger partial charge is 0.497 e. The van der Waals surface area contributed by atoms with Crippen LogP contribution in [0, 0.1) is 0 Å². The van der Waals surface area contributed by atoms with Crippen molar-refractivity contribution in [2.24, 2.45) is 0 Å². The van der Waals surface area contributed by atoms with Crippen LogP contribution in [0.5, 0.6) is 5.75 Å². The van der Waals surface area contributed by atoms with Crippen LogP contribution in [0.3, 0.4) is 0 Å². The lowest BCUT2D eigenvalue weighted by atomic mass is 10.0. The van der Waals surface area contributed by atoms with E-state index < -0.39 is 11.8 Å². The van der Waals surface area contributed by atoms with Gasteiger partial charge in [0.2, 0.25) is 5.91 Å². The van der Waals surface area contributed by atoms with Crippen molar-refractivity contribution in [1.29, 1.82) is 0 Å². The number of methoxy groups -OCH3 is 1. The number of ether oxygens (including phenoxy) is 1. The highest BCUT2D eigenvalue weighted by molar-refractivity contribution is 6.01. The second-order valence-electron chi connectivity index (χ2n) is 6.22. The van der Waals surface area contributed by atoms with Crippen LogP contribution in [0.15, 0.2) is 66.7 Å². The summed E-state index contributed by atoms with van der Waals surface area (Å²) in [4.78, 5) is 36.3. The zero-order chi connectivity index (χ0) is 19.9. The van der Waals surface area contributed by atoms with Gasteiger partial charge < -0.3 is 4.74 Å². The number of amides is 2. The first-order valence-corrected chi connectivity index (χ1v) is 8.82. The zero-order valence-corrected chi connectivity index (χ0v) is 15.4. The molecule has 0 unspecified atom stereocenters. The molecule has 6 nitrogen and oxygen atoms in total. The van der Waals surface area contributed by atoms with Gasteiger partial charge in [0.15, 0.2) is 5.78 Å². The Kier molecular flexibility index (Phi) is 6.01. The number of benzene rings is 3. The Morgan fingerprint density at radius 1 is 0.786 bits per heavy atom. The van der Waals surface area contributed by atoms with E-state index in [-0.39, 0.29) is 18.6 Å². The topological polar surface area (TPSA) is 84.5 Å². The highest BCUT2D eigenvalue weighted by atomic mass is 16.5. The molecule has 28 heavy (non-hydrogen) atoms. The molecular formula is C22H20N2O4. The summed E-state index contributed by atoms with van der Waals surface area (Å²) in [5.74, 6) is -0.372. The Morgan fingerprint density at radius 2 is 1.46 bits per heavy atom. The Morgan fingerprint density at radius 3 is 2.18 bits per heavy atom. The molecule has 0 aliphatic heterocycles. The van der Waals surface area contributed by atoms with Gasteiger partial charge in [0.05, 0.1) is 7.11 Å². The molecule has 0 aliphatic rings. The molecule has 0 atom stereocenters. The molecule has 3 aromatic carbocycles. The molecule has 0 bridgehead atoms. The molecule has 0 saturated heterocycles. The third-order valence-electron chi connectivity index (χ3n) is 4.32. The van der Waals surface area contributed by atoms with Crippen LogP contribution in [-0.2, 0) is 4.79 Å². The molecule has 0 radical (unpaired) electrons. The molecule has 0 heterocycles. The highest BCUT2D eigenvalue weighted by Crippen LogP contribution is 2.17. The number of nitrogens with one attached hydrogen (secondary N) is 2.